The van der Waals surface area contributed by atoms with Crippen molar-refractivity contribution in [3.05, 3.63) is 30.5 Å². The highest BCUT2D eigenvalue weighted by atomic mass is 19.4. The Kier molecular flexibility index (Phi) is 3.71. The summed E-state index contributed by atoms with van der Waals surface area (Å²) < 4.78 is 38.3. The zero-order chi connectivity index (χ0) is 16.7. The van der Waals surface area contributed by atoms with Gasteiger partial charge in [0.2, 0.25) is 0 Å². The van der Waals surface area contributed by atoms with Crippen molar-refractivity contribution in [1.29, 1.82) is 0 Å². The second kappa shape index (κ2) is 5.45. The fraction of sp³-hybridized carbons (Fsp3) is 0.400. The maximum absolute atomic E-state index is 12.8. The van der Waals surface area contributed by atoms with Gasteiger partial charge in [-0.25, -0.2) is 4.79 Å². The molecular formula is C15H16F3N3O2. The molecule has 124 valence electrons. The molecular weight excluding hydrogens is 311 g/mol. The minimum Gasteiger partial charge on any atom is -0.380 e. The molecule has 1 aromatic heterocycles. The quantitative estimate of drug-likeness (QED) is 0.753. The Morgan fingerprint density at radius 1 is 1.26 bits per heavy atom. The summed E-state index contributed by atoms with van der Waals surface area (Å²) in [5, 5.41) is 13.1. The molecule has 5 nitrogen and oxygen atoms in total. The fourth-order valence-corrected chi connectivity index (χ4v) is 2.73. The summed E-state index contributed by atoms with van der Waals surface area (Å²) in [6.45, 7) is -0.297. The van der Waals surface area contributed by atoms with Gasteiger partial charge in [-0.05, 0) is 6.07 Å². The zero-order valence-electron chi connectivity index (χ0n) is 12.2. The molecule has 0 aliphatic carbocycles. The Balaban J connectivity index is 1.66. The number of aliphatic hydroxyl groups is 1. The molecule has 0 atom stereocenters. The highest BCUT2D eigenvalue weighted by molar-refractivity contribution is 6.00. The first kappa shape index (κ1) is 15.7. The van der Waals surface area contributed by atoms with Crippen LogP contribution < -0.4 is 5.32 Å². The fourth-order valence-electron chi connectivity index (χ4n) is 2.73. The van der Waals surface area contributed by atoms with Crippen molar-refractivity contribution in [2.75, 3.05) is 18.4 Å². The van der Waals surface area contributed by atoms with E-state index in [2.05, 4.69) is 10.3 Å². The Bertz CT molecular complexity index is 718. The van der Waals surface area contributed by atoms with Crippen LogP contribution in [0.1, 0.15) is 12.8 Å². The number of hydrogen-bond acceptors (Lipinski definition) is 2. The first-order chi connectivity index (χ1) is 10.8. The number of aromatic amines is 1. The van der Waals surface area contributed by atoms with Gasteiger partial charge in [0.15, 0.2) is 5.60 Å². The van der Waals surface area contributed by atoms with E-state index in [1.807, 2.05) is 24.3 Å². The number of benzene rings is 1. The molecule has 0 bridgehead atoms. The Morgan fingerprint density at radius 2 is 1.91 bits per heavy atom. The first-order valence-electron chi connectivity index (χ1n) is 7.21. The normalized spacial score (nSPS) is 18.2. The number of nitrogens with zero attached hydrogens (tertiary/aromatic N) is 1. The number of H-pyrrole nitrogens is 1. The van der Waals surface area contributed by atoms with Crippen LogP contribution in [0.4, 0.5) is 23.7 Å². The molecule has 1 aromatic carbocycles. The minimum atomic E-state index is -4.67. The number of aromatic nitrogens is 1. The number of amides is 2. The monoisotopic (exact) mass is 327 g/mol. The van der Waals surface area contributed by atoms with Crippen LogP contribution >= 0.6 is 0 Å². The number of carbonyl (C=O) groups is 1. The van der Waals surface area contributed by atoms with Crippen molar-refractivity contribution < 1.29 is 23.1 Å². The maximum Gasteiger partial charge on any atom is 0.417 e. The highest BCUT2D eigenvalue weighted by Crippen LogP contribution is 2.38. The molecule has 3 rings (SSSR count). The van der Waals surface area contributed by atoms with Gasteiger partial charge in [-0.3, -0.25) is 0 Å². The Morgan fingerprint density at radius 3 is 2.57 bits per heavy atom. The summed E-state index contributed by atoms with van der Waals surface area (Å²) in [6.07, 6.45) is -4.07. The predicted octanol–water partition coefficient (Wildman–Crippen LogP) is 3.09. The number of hydrogen-bond donors (Lipinski definition) is 3. The third-order valence-corrected chi connectivity index (χ3v) is 4.24. The summed E-state index contributed by atoms with van der Waals surface area (Å²) in [6, 6.07) is 6.90. The van der Waals surface area contributed by atoms with Gasteiger partial charge in [0.05, 0.1) is 5.69 Å². The standard InChI is InChI=1S/C15H16F3N3O2/c16-15(17,18)14(23)5-7-21(8-6-14)13(22)20-12-9-19-11-4-2-1-3-10(11)12/h1-4,9,19,23H,5-8H2,(H,20,22). The number of para-hydroxylation sites is 1. The van der Waals surface area contributed by atoms with Gasteiger partial charge in [-0.1, -0.05) is 18.2 Å². The van der Waals surface area contributed by atoms with Gasteiger partial charge in [0.25, 0.3) is 0 Å². The predicted molar refractivity (Wildman–Crippen MR) is 79.1 cm³/mol. The van der Waals surface area contributed by atoms with Gasteiger partial charge in [-0.15, -0.1) is 0 Å². The van der Waals surface area contributed by atoms with Crippen LogP contribution in [-0.4, -0.2) is 45.9 Å². The van der Waals surface area contributed by atoms with Crippen LogP contribution in [0.15, 0.2) is 30.5 Å². The van der Waals surface area contributed by atoms with Crippen molar-refractivity contribution in [1.82, 2.24) is 9.88 Å². The lowest BCUT2D eigenvalue weighted by atomic mass is 9.91. The average Bonchev–Trinajstić information content (AvgIpc) is 2.90. The molecule has 1 aliphatic heterocycles. The van der Waals surface area contributed by atoms with Gasteiger partial charge in [0.1, 0.15) is 0 Å². The zero-order valence-corrected chi connectivity index (χ0v) is 12.2. The third kappa shape index (κ3) is 2.86. The molecule has 1 aliphatic rings. The number of carbonyl (C=O) groups excluding carboxylic acids is 1. The Labute approximate surface area is 130 Å². The number of alkyl halides is 3. The van der Waals surface area contributed by atoms with Crippen LogP contribution in [0, 0.1) is 0 Å². The maximum atomic E-state index is 12.8. The van der Waals surface area contributed by atoms with Gasteiger partial charge >= 0.3 is 12.2 Å². The molecule has 0 spiro atoms. The lowest BCUT2D eigenvalue weighted by Gasteiger charge is -2.38. The smallest absolute Gasteiger partial charge is 0.380 e. The first-order valence-corrected chi connectivity index (χ1v) is 7.21. The van der Waals surface area contributed by atoms with E-state index in [0.29, 0.717) is 5.69 Å². The molecule has 0 unspecified atom stereocenters. The number of likely N-dealkylation sites (tertiary alicyclic amines) is 1. The van der Waals surface area contributed by atoms with E-state index in [0.717, 1.165) is 10.9 Å². The summed E-state index contributed by atoms with van der Waals surface area (Å²) in [7, 11) is 0. The SMILES string of the molecule is O=C(Nc1c[nH]c2ccccc12)N1CCC(O)(C(F)(F)F)CC1. The molecule has 2 heterocycles. The number of nitrogens with one attached hydrogen (secondary N) is 2. The summed E-state index contributed by atoms with van der Waals surface area (Å²) in [4.78, 5) is 16.5. The van der Waals surface area contributed by atoms with Crippen LogP contribution in [0.5, 0.6) is 0 Å². The van der Waals surface area contributed by atoms with Crippen LogP contribution in [-0.2, 0) is 0 Å². The molecule has 1 fully saturated rings. The van der Waals surface area contributed by atoms with Gasteiger partial charge in [-0.2, -0.15) is 13.2 Å². The lowest BCUT2D eigenvalue weighted by Crippen LogP contribution is -2.55. The van der Waals surface area contributed by atoms with E-state index in [-0.39, 0.29) is 13.1 Å². The molecule has 23 heavy (non-hydrogen) atoms. The number of fused-ring (bicyclic) bond motifs is 1. The highest BCUT2D eigenvalue weighted by Gasteiger charge is 2.54. The minimum absolute atomic E-state index is 0.149. The van der Waals surface area contributed by atoms with E-state index in [1.165, 1.54) is 4.90 Å². The van der Waals surface area contributed by atoms with Gasteiger partial charge < -0.3 is 20.3 Å². The van der Waals surface area contributed by atoms with Gasteiger partial charge in [0, 0.05) is 43.0 Å². The van der Waals surface area contributed by atoms with Crippen LogP contribution in [0.3, 0.4) is 0 Å². The van der Waals surface area contributed by atoms with Crippen molar-refractivity contribution >= 4 is 22.6 Å². The van der Waals surface area contributed by atoms with Crippen molar-refractivity contribution in [3.63, 3.8) is 0 Å². The van der Waals surface area contributed by atoms with E-state index in [9.17, 15) is 23.1 Å². The lowest BCUT2D eigenvalue weighted by molar-refractivity contribution is -0.271. The third-order valence-electron chi connectivity index (χ3n) is 4.24. The average molecular weight is 327 g/mol. The molecule has 3 N–H and O–H groups in total. The summed E-state index contributed by atoms with van der Waals surface area (Å²) in [5.74, 6) is 0. The number of rotatable bonds is 1. The number of piperidine rings is 1. The van der Waals surface area contributed by atoms with E-state index >= 15 is 0 Å². The second-order valence-corrected chi connectivity index (χ2v) is 5.69. The largest absolute Gasteiger partial charge is 0.417 e. The number of urea groups is 1. The number of halogens is 3. The molecule has 0 saturated carbocycles. The molecule has 0 radical (unpaired) electrons. The number of anilines is 1. The van der Waals surface area contributed by atoms with Crippen LogP contribution in [0.2, 0.25) is 0 Å². The van der Waals surface area contributed by atoms with Crippen molar-refractivity contribution in [3.8, 4) is 0 Å². The molecule has 2 amide bonds. The van der Waals surface area contributed by atoms with Crippen molar-refractivity contribution in [2.45, 2.75) is 24.6 Å². The summed E-state index contributed by atoms with van der Waals surface area (Å²) >= 11 is 0. The van der Waals surface area contributed by atoms with E-state index < -0.39 is 30.7 Å². The Hall–Kier alpha value is -2.22. The summed E-state index contributed by atoms with van der Waals surface area (Å²) in [5.41, 5.74) is -1.28. The van der Waals surface area contributed by atoms with E-state index in [1.54, 1.807) is 6.20 Å². The molecule has 8 heteroatoms. The topological polar surface area (TPSA) is 68.4 Å². The molecule has 1 saturated heterocycles. The van der Waals surface area contributed by atoms with E-state index in [4.69, 9.17) is 0 Å². The second-order valence-electron chi connectivity index (χ2n) is 5.69. The molecule has 2 aromatic rings. The van der Waals surface area contributed by atoms with Crippen LogP contribution in [0.25, 0.3) is 10.9 Å². The van der Waals surface area contributed by atoms with Crippen molar-refractivity contribution in [2.24, 2.45) is 0 Å².